The van der Waals surface area contributed by atoms with Crippen LogP contribution >= 0.6 is 0 Å². The van der Waals surface area contributed by atoms with E-state index in [4.69, 9.17) is 14.2 Å². The van der Waals surface area contributed by atoms with Gasteiger partial charge in [-0.05, 0) is 17.7 Å². The summed E-state index contributed by atoms with van der Waals surface area (Å²) >= 11 is 0. The van der Waals surface area contributed by atoms with Gasteiger partial charge in [0, 0.05) is 19.8 Å². The molecule has 0 bridgehead atoms. The average Bonchev–Trinajstić information content (AvgIpc) is 2.65. The van der Waals surface area contributed by atoms with Gasteiger partial charge in [0.15, 0.2) is 0 Å². The number of nitrogens with zero attached hydrogens (tertiary/aromatic N) is 1. The average molecular weight is 340 g/mol. The molecule has 6 heteroatoms. The molecule has 0 saturated heterocycles. The van der Waals surface area contributed by atoms with Gasteiger partial charge in [0.1, 0.15) is 19.1 Å². The molecule has 1 N–H and O–H groups in total. The topological polar surface area (TPSA) is 80.6 Å². The van der Waals surface area contributed by atoms with Crippen molar-refractivity contribution in [1.82, 2.24) is 5.32 Å². The molecule has 130 valence electrons. The van der Waals surface area contributed by atoms with E-state index in [1.807, 2.05) is 36.4 Å². The Kier molecular flexibility index (Phi) is 6.96. The molecule has 2 aromatic rings. The van der Waals surface area contributed by atoms with Gasteiger partial charge in [-0.1, -0.05) is 30.3 Å². The number of hydrogen-bond donors (Lipinski definition) is 1. The number of amides is 1. The second-order valence-electron chi connectivity index (χ2n) is 5.26. The molecule has 0 heterocycles. The third-order valence-electron chi connectivity index (χ3n) is 3.48. The normalized spacial score (nSPS) is 10.1. The Balaban J connectivity index is 2.31. The van der Waals surface area contributed by atoms with E-state index in [9.17, 15) is 10.1 Å². The number of nitriles is 1. The number of methoxy groups -OCH3 is 2. The van der Waals surface area contributed by atoms with E-state index in [1.165, 1.54) is 7.11 Å². The predicted molar refractivity (Wildman–Crippen MR) is 92.0 cm³/mol. The lowest BCUT2D eigenvalue weighted by Gasteiger charge is -2.14. The first kappa shape index (κ1) is 18.5. The number of hydrogen-bond acceptors (Lipinski definition) is 5. The summed E-state index contributed by atoms with van der Waals surface area (Å²) < 4.78 is 15.9. The first-order valence-electron chi connectivity index (χ1n) is 7.69. The summed E-state index contributed by atoms with van der Waals surface area (Å²) in [7, 11) is 3.04. The highest BCUT2D eigenvalue weighted by Crippen LogP contribution is 2.25. The lowest BCUT2D eigenvalue weighted by atomic mass is 10.0. The van der Waals surface area contributed by atoms with Gasteiger partial charge in [0.25, 0.3) is 5.91 Å². The molecule has 0 aliphatic rings. The van der Waals surface area contributed by atoms with Crippen molar-refractivity contribution < 1.29 is 19.0 Å². The van der Waals surface area contributed by atoms with Gasteiger partial charge in [-0.15, -0.1) is 0 Å². The van der Waals surface area contributed by atoms with E-state index in [2.05, 4.69) is 5.32 Å². The highest BCUT2D eigenvalue weighted by molar-refractivity contribution is 5.97. The van der Waals surface area contributed by atoms with Gasteiger partial charge in [-0.2, -0.15) is 5.26 Å². The first-order valence-corrected chi connectivity index (χ1v) is 7.69. The lowest BCUT2D eigenvalue weighted by Crippen LogP contribution is -2.26. The number of rotatable bonds is 8. The monoisotopic (exact) mass is 340 g/mol. The van der Waals surface area contributed by atoms with E-state index < -0.39 is 5.91 Å². The standard InChI is InChI=1S/C19H20N2O4/c1-23-12-16-8-15(10-20)17(19(22)21-13-24-2)9-18(16)25-11-14-6-4-3-5-7-14/h3-9H,11-13H2,1-2H3,(H,21,22). The van der Waals surface area contributed by atoms with E-state index in [-0.39, 0.29) is 24.5 Å². The number of ether oxygens (including phenoxy) is 3. The summed E-state index contributed by atoms with van der Waals surface area (Å²) in [6.07, 6.45) is 0. The second kappa shape index (κ2) is 9.42. The third kappa shape index (κ3) is 5.05. The molecular formula is C19H20N2O4. The Bertz CT molecular complexity index is 754. The third-order valence-corrected chi connectivity index (χ3v) is 3.48. The molecule has 1 amide bonds. The number of nitrogens with one attached hydrogen (secondary N) is 1. The van der Waals surface area contributed by atoms with E-state index in [0.717, 1.165) is 5.56 Å². The smallest absolute Gasteiger partial charge is 0.254 e. The van der Waals surface area contributed by atoms with Crippen LogP contribution in [0.25, 0.3) is 0 Å². The zero-order valence-electron chi connectivity index (χ0n) is 14.2. The van der Waals surface area contributed by atoms with Crippen LogP contribution in [0.4, 0.5) is 0 Å². The summed E-state index contributed by atoms with van der Waals surface area (Å²) in [4.78, 5) is 12.2. The Morgan fingerprint density at radius 2 is 1.88 bits per heavy atom. The maximum Gasteiger partial charge on any atom is 0.254 e. The molecule has 0 atom stereocenters. The maximum absolute atomic E-state index is 12.2. The van der Waals surface area contributed by atoms with Gasteiger partial charge in [-0.3, -0.25) is 4.79 Å². The number of benzene rings is 2. The second-order valence-corrected chi connectivity index (χ2v) is 5.26. The van der Waals surface area contributed by atoms with Gasteiger partial charge < -0.3 is 19.5 Å². The van der Waals surface area contributed by atoms with Crippen molar-refractivity contribution in [3.05, 3.63) is 64.7 Å². The van der Waals surface area contributed by atoms with E-state index in [0.29, 0.717) is 17.9 Å². The minimum atomic E-state index is -0.396. The molecule has 0 unspecified atom stereocenters. The number of carbonyl (C=O) groups is 1. The zero-order chi connectivity index (χ0) is 18.1. The molecular weight excluding hydrogens is 320 g/mol. The molecule has 25 heavy (non-hydrogen) atoms. The predicted octanol–water partition coefficient (Wildman–Crippen LogP) is 2.62. The maximum atomic E-state index is 12.2. The summed E-state index contributed by atoms with van der Waals surface area (Å²) in [6, 6.07) is 14.9. The van der Waals surface area contributed by atoms with Crippen LogP contribution in [0.1, 0.15) is 27.0 Å². The molecule has 0 saturated carbocycles. The molecule has 2 rings (SSSR count). The summed E-state index contributed by atoms with van der Waals surface area (Å²) in [5.41, 5.74) is 2.20. The Morgan fingerprint density at radius 1 is 1.12 bits per heavy atom. The van der Waals surface area contributed by atoms with Crippen molar-refractivity contribution in [3.8, 4) is 11.8 Å². The molecule has 0 aliphatic carbocycles. The van der Waals surface area contributed by atoms with E-state index in [1.54, 1.807) is 19.2 Å². The van der Waals surface area contributed by atoms with Crippen LogP contribution in [0.2, 0.25) is 0 Å². The Labute approximate surface area is 146 Å². The Hall–Kier alpha value is -2.88. The molecule has 0 aromatic heterocycles. The van der Waals surface area contributed by atoms with Crippen LogP contribution in [0, 0.1) is 11.3 Å². The van der Waals surface area contributed by atoms with Crippen LogP contribution in [0.5, 0.6) is 5.75 Å². The first-order chi connectivity index (χ1) is 12.2. The molecule has 6 nitrogen and oxygen atoms in total. The minimum Gasteiger partial charge on any atom is -0.489 e. The number of carbonyl (C=O) groups excluding carboxylic acids is 1. The fourth-order valence-corrected chi connectivity index (χ4v) is 2.28. The quantitative estimate of drug-likeness (QED) is 0.747. The van der Waals surface area contributed by atoms with Crippen molar-refractivity contribution in [1.29, 1.82) is 5.26 Å². The fraction of sp³-hybridized carbons (Fsp3) is 0.263. The molecule has 2 aromatic carbocycles. The minimum absolute atomic E-state index is 0.0593. The van der Waals surface area contributed by atoms with Gasteiger partial charge in [-0.25, -0.2) is 0 Å². The summed E-state index contributed by atoms with van der Waals surface area (Å²) in [6.45, 7) is 0.686. The van der Waals surface area contributed by atoms with Crippen LogP contribution in [-0.2, 0) is 22.7 Å². The highest BCUT2D eigenvalue weighted by Gasteiger charge is 2.16. The largest absolute Gasteiger partial charge is 0.489 e. The lowest BCUT2D eigenvalue weighted by molar-refractivity contribution is 0.0871. The fourth-order valence-electron chi connectivity index (χ4n) is 2.28. The molecule has 0 fully saturated rings. The van der Waals surface area contributed by atoms with Gasteiger partial charge in [0.05, 0.1) is 23.8 Å². The van der Waals surface area contributed by atoms with Crippen LogP contribution in [-0.4, -0.2) is 26.9 Å². The van der Waals surface area contributed by atoms with Crippen molar-refractivity contribution >= 4 is 5.91 Å². The molecule has 0 aliphatic heterocycles. The van der Waals surface area contributed by atoms with Crippen molar-refractivity contribution in [2.24, 2.45) is 0 Å². The highest BCUT2D eigenvalue weighted by atomic mass is 16.5. The van der Waals surface area contributed by atoms with Crippen molar-refractivity contribution in [2.45, 2.75) is 13.2 Å². The van der Waals surface area contributed by atoms with Crippen LogP contribution in [0.15, 0.2) is 42.5 Å². The Morgan fingerprint density at radius 3 is 2.52 bits per heavy atom. The summed E-state index contributed by atoms with van der Waals surface area (Å²) in [5, 5.41) is 11.9. The van der Waals surface area contributed by atoms with E-state index >= 15 is 0 Å². The van der Waals surface area contributed by atoms with Crippen LogP contribution < -0.4 is 10.1 Å². The van der Waals surface area contributed by atoms with Gasteiger partial charge >= 0.3 is 0 Å². The SMILES string of the molecule is COCNC(=O)c1cc(OCc2ccccc2)c(COC)cc1C#N. The zero-order valence-corrected chi connectivity index (χ0v) is 14.2. The molecule has 0 spiro atoms. The van der Waals surface area contributed by atoms with Gasteiger partial charge in [0.2, 0.25) is 0 Å². The van der Waals surface area contributed by atoms with Crippen LogP contribution in [0.3, 0.4) is 0 Å². The van der Waals surface area contributed by atoms with Crippen molar-refractivity contribution in [3.63, 3.8) is 0 Å². The summed E-state index contributed by atoms with van der Waals surface area (Å²) in [5.74, 6) is 0.110. The molecule has 0 radical (unpaired) electrons. The van der Waals surface area contributed by atoms with Crippen molar-refractivity contribution in [2.75, 3.05) is 21.0 Å².